The molecule has 0 saturated carbocycles. The Morgan fingerprint density at radius 1 is 1.38 bits per heavy atom. The number of nitrogens with zero attached hydrogens (tertiary/aromatic N) is 1. The van der Waals surface area contributed by atoms with Crippen molar-refractivity contribution in [1.29, 1.82) is 0 Å². The molecule has 0 spiro atoms. The maximum absolute atomic E-state index is 12.5. The molecule has 88 valence electrons. The molecule has 0 aromatic heterocycles. The first-order valence-electron chi connectivity index (χ1n) is 5.89. The number of piperazine rings is 1. The van der Waals surface area contributed by atoms with Gasteiger partial charge in [0.15, 0.2) is 0 Å². The Labute approximate surface area is 96.5 Å². The van der Waals surface area contributed by atoms with Crippen molar-refractivity contribution >= 4 is 0 Å². The molecule has 0 amide bonds. The highest BCUT2D eigenvalue weighted by atomic mass is 19.1. The van der Waals surface area contributed by atoms with E-state index in [4.69, 9.17) is 0 Å². The lowest BCUT2D eigenvalue weighted by molar-refractivity contribution is 0.126. The van der Waals surface area contributed by atoms with Gasteiger partial charge in [0, 0.05) is 31.7 Å². The average Bonchev–Trinajstić information content (AvgIpc) is 2.31. The van der Waals surface area contributed by atoms with Crippen LogP contribution < -0.4 is 5.32 Å². The first-order valence-corrected chi connectivity index (χ1v) is 5.89. The standard InChI is InChI=1S/C13H19FN2/c1-11-10-16(8-7-14)13(9-15-11)12-5-3-2-4-6-12/h2-6,11,13,15H,7-10H2,1H3. The van der Waals surface area contributed by atoms with Crippen LogP contribution in [0.15, 0.2) is 30.3 Å². The van der Waals surface area contributed by atoms with Gasteiger partial charge in [-0.3, -0.25) is 4.90 Å². The van der Waals surface area contributed by atoms with Gasteiger partial charge in [0.25, 0.3) is 0 Å². The Kier molecular flexibility index (Phi) is 3.91. The van der Waals surface area contributed by atoms with Crippen molar-refractivity contribution in [3.8, 4) is 0 Å². The van der Waals surface area contributed by atoms with Crippen LogP contribution in [0.3, 0.4) is 0 Å². The maximum atomic E-state index is 12.5. The van der Waals surface area contributed by atoms with Crippen LogP contribution in [0.1, 0.15) is 18.5 Å². The average molecular weight is 222 g/mol. The third-order valence-electron chi connectivity index (χ3n) is 3.16. The highest BCUT2D eigenvalue weighted by molar-refractivity contribution is 5.20. The molecule has 0 radical (unpaired) electrons. The molecule has 3 heteroatoms. The van der Waals surface area contributed by atoms with Crippen molar-refractivity contribution in [2.75, 3.05) is 26.3 Å². The summed E-state index contributed by atoms with van der Waals surface area (Å²) >= 11 is 0. The van der Waals surface area contributed by atoms with E-state index in [9.17, 15) is 4.39 Å². The second-order valence-corrected chi connectivity index (χ2v) is 4.42. The topological polar surface area (TPSA) is 15.3 Å². The smallest absolute Gasteiger partial charge is 0.102 e. The zero-order valence-corrected chi connectivity index (χ0v) is 9.70. The monoisotopic (exact) mass is 222 g/mol. The van der Waals surface area contributed by atoms with Gasteiger partial charge in [0.05, 0.1) is 0 Å². The fraction of sp³-hybridized carbons (Fsp3) is 0.538. The van der Waals surface area contributed by atoms with Gasteiger partial charge in [-0.1, -0.05) is 30.3 Å². The second-order valence-electron chi connectivity index (χ2n) is 4.42. The number of rotatable bonds is 3. The first kappa shape index (κ1) is 11.6. The van der Waals surface area contributed by atoms with Gasteiger partial charge in [-0.25, -0.2) is 4.39 Å². The zero-order valence-electron chi connectivity index (χ0n) is 9.70. The van der Waals surface area contributed by atoms with Crippen molar-refractivity contribution < 1.29 is 4.39 Å². The van der Waals surface area contributed by atoms with Crippen LogP contribution in [-0.2, 0) is 0 Å². The van der Waals surface area contributed by atoms with Crippen LogP contribution in [0.2, 0.25) is 0 Å². The predicted molar refractivity (Wildman–Crippen MR) is 64.2 cm³/mol. The molecule has 0 aliphatic carbocycles. The van der Waals surface area contributed by atoms with Crippen molar-refractivity contribution in [2.45, 2.75) is 19.0 Å². The van der Waals surface area contributed by atoms with E-state index >= 15 is 0 Å². The molecule has 1 fully saturated rings. The Balaban J connectivity index is 2.12. The summed E-state index contributed by atoms with van der Waals surface area (Å²) in [4.78, 5) is 2.23. The third-order valence-corrected chi connectivity index (χ3v) is 3.16. The summed E-state index contributed by atoms with van der Waals surface area (Å²) < 4.78 is 12.5. The Hall–Kier alpha value is -0.930. The number of halogens is 1. The molecule has 2 nitrogen and oxygen atoms in total. The molecule has 1 aromatic carbocycles. The van der Waals surface area contributed by atoms with Crippen molar-refractivity contribution in [1.82, 2.24) is 10.2 Å². The van der Waals surface area contributed by atoms with E-state index in [-0.39, 0.29) is 6.67 Å². The van der Waals surface area contributed by atoms with Gasteiger partial charge in [0.1, 0.15) is 6.67 Å². The van der Waals surface area contributed by atoms with Crippen LogP contribution >= 0.6 is 0 Å². The van der Waals surface area contributed by atoms with Crippen LogP contribution in [0.4, 0.5) is 4.39 Å². The minimum Gasteiger partial charge on any atom is -0.311 e. The minimum atomic E-state index is -0.268. The lowest BCUT2D eigenvalue weighted by atomic mass is 10.0. The van der Waals surface area contributed by atoms with Gasteiger partial charge >= 0.3 is 0 Å². The van der Waals surface area contributed by atoms with Crippen LogP contribution in [-0.4, -0.2) is 37.3 Å². The summed E-state index contributed by atoms with van der Waals surface area (Å²) in [5.74, 6) is 0. The Bertz CT molecular complexity index is 315. The largest absolute Gasteiger partial charge is 0.311 e. The molecule has 2 unspecified atom stereocenters. The zero-order chi connectivity index (χ0) is 11.4. The first-order chi connectivity index (χ1) is 7.81. The fourth-order valence-electron chi connectivity index (χ4n) is 2.35. The van der Waals surface area contributed by atoms with E-state index < -0.39 is 0 Å². The van der Waals surface area contributed by atoms with E-state index in [2.05, 4.69) is 29.3 Å². The van der Waals surface area contributed by atoms with Gasteiger partial charge in [-0.2, -0.15) is 0 Å². The normalized spacial score (nSPS) is 26.9. The highest BCUT2D eigenvalue weighted by Gasteiger charge is 2.26. The van der Waals surface area contributed by atoms with Gasteiger partial charge < -0.3 is 5.32 Å². The summed E-state index contributed by atoms with van der Waals surface area (Å²) in [6.07, 6.45) is 0. The molecule has 1 heterocycles. The quantitative estimate of drug-likeness (QED) is 0.841. The van der Waals surface area contributed by atoms with E-state index in [1.165, 1.54) is 5.56 Å². The highest BCUT2D eigenvalue weighted by Crippen LogP contribution is 2.22. The minimum absolute atomic E-state index is 0.268. The van der Waals surface area contributed by atoms with E-state index in [0.717, 1.165) is 13.1 Å². The Morgan fingerprint density at radius 2 is 2.12 bits per heavy atom. The van der Waals surface area contributed by atoms with Crippen LogP contribution in [0.5, 0.6) is 0 Å². The van der Waals surface area contributed by atoms with Crippen LogP contribution in [0.25, 0.3) is 0 Å². The SMILES string of the molecule is CC1CN(CCF)C(c2ccccc2)CN1. The summed E-state index contributed by atoms with van der Waals surface area (Å²) in [7, 11) is 0. The van der Waals surface area contributed by atoms with Crippen molar-refractivity contribution in [3.63, 3.8) is 0 Å². The van der Waals surface area contributed by atoms with Gasteiger partial charge in [0.2, 0.25) is 0 Å². The van der Waals surface area contributed by atoms with Crippen LogP contribution in [0, 0.1) is 0 Å². The predicted octanol–water partition coefficient (Wildman–Crippen LogP) is 1.99. The molecule has 0 bridgehead atoms. The van der Waals surface area contributed by atoms with E-state index in [0.29, 0.717) is 18.6 Å². The molecule has 1 aliphatic rings. The number of nitrogens with one attached hydrogen (secondary N) is 1. The van der Waals surface area contributed by atoms with Gasteiger partial charge in [-0.15, -0.1) is 0 Å². The number of hydrogen-bond donors (Lipinski definition) is 1. The number of benzene rings is 1. The molecule has 16 heavy (non-hydrogen) atoms. The fourth-order valence-corrected chi connectivity index (χ4v) is 2.35. The molecule has 1 aromatic rings. The molecule has 1 saturated heterocycles. The number of alkyl halides is 1. The maximum Gasteiger partial charge on any atom is 0.102 e. The molecule has 2 atom stereocenters. The summed E-state index contributed by atoms with van der Waals surface area (Å²) in [6, 6.07) is 11.1. The van der Waals surface area contributed by atoms with E-state index in [1.54, 1.807) is 0 Å². The summed E-state index contributed by atoms with van der Waals surface area (Å²) in [5, 5.41) is 3.45. The molecule has 1 aliphatic heterocycles. The lowest BCUT2D eigenvalue weighted by Gasteiger charge is -2.39. The molecular formula is C13H19FN2. The summed E-state index contributed by atoms with van der Waals surface area (Å²) in [5.41, 5.74) is 1.27. The Morgan fingerprint density at radius 3 is 2.81 bits per heavy atom. The molecular weight excluding hydrogens is 203 g/mol. The second kappa shape index (κ2) is 5.41. The van der Waals surface area contributed by atoms with E-state index in [1.807, 2.05) is 18.2 Å². The van der Waals surface area contributed by atoms with Crippen molar-refractivity contribution in [3.05, 3.63) is 35.9 Å². The molecule has 1 N–H and O–H groups in total. The number of hydrogen-bond acceptors (Lipinski definition) is 2. The lowest BCUT2D eigenvalue weighted by Crippen LogP contribution is -2.51. The third kappa shape index (κ3) is 2.60. The van der Waals surface area contributed by atoms with Gasteiger partial charge in [-0.05, 0) is 12.5 Å². The van der Waals surface area contributed by atoms with Crippen molar-refractivity contribution in [2.24, 2.45) is 0 Å². The molecule has 2 rings (SSSR count). The summed E-state index contributed by atoms with van der Waals surface area (Å²) in [6.45, 7) is 4.24.